The Labute approximate surface area is 186 Å². The van der Waals surface area contributed by atoms with E-state index >= 15 is 0 Å². The highest BCUT2D eigenvalue weighted by molar-refractivity contribution is 14.0. The molecule has 0 aromatic heterocycles. The first-order valence-electron chi connectivity index (χ1n) is 9.99. The molecule has 1 aliphatic rings. The molecule has 1 saturated carbocycles. The van der Waals surface area contributed by atoms with E-state index in [0.29, 0.717) is 18.6 Å². The van der Waals surface area contributed by atoms with Crippen molar-refractivity contribution in [2.45, 2.75) is 39.0 Å². The summed E-state index contributed by atoms with van der Waals surface area (Å²) < 4.78 is 16.3. The summed E-state index contributed by atoms with van der Waals surface area (Å²) in [5, 5.41) is 6.70. The molecule has 7 heteroatoms. The van der Waals surface area contributed by atoms with Crippen LogP contribution in [0.2, 0.25) is 0 Å². The summed E-state index contributed by atoms with van der Waals surface area (Å²) in [5.41, 5.74) is 0.301. The Kier molecular flexibility index (Phi) is 12.3. The van der Waals surface area contributed by atoms with Crippen LogP contribution >= 0.6 is 24.0 Å². The molecule has 1 fully saturated rings. The number of methoxy groups -OCH3 is 2. The average Bonchev–Trinajstić information content (AvgIpc) is 3.17. The number of hydrogen-bond acceptors (Lipinski definition) is 4. The van der Waals surface area contributed by atoms with E-state index in [0.717, 1.165) is 43.6 Å². The summed E-state index contributed by atoms with van der Waals surface area (Å²) in [6.45, 7) is 5.84. The van der Waals surface area contributed by atoms with Gasteiger partial charge in [-0.1, -0.05) is 18.9 Å². The van der Waals surface area contributed by atoms with Gasteiger partial charge < -0.3 is 24.8 Å². The third-order valence-electron chi connectivity index (χ3n) is 5.12. The molecule has 0 saturated heterocycles. The smallest absolute Gasteiger partial charge is 0.191 e. The van der Waals surface area contributed by atoms with Crippen LogP contribution < -0.4 is 20.1 Å². The Bertz CT molecular complexity index is 578. The second-order valence-corrected chi connectivity index (χ2v) is 7.10. The predicted octanol–water partition coefficient (Wildman–Crippen LogP) is 3.84. The van der Waals surface area contributed by atoms with Crippen LogP contribution in [0, 0.1) is 5.41 Å². The molecule has 1 aromatic rings. The standard InChI is InChI=1S/C21H35N3O3.HI/c1-4-22-20(24-17-21(12-14-25-2)10-5-6-11-21)23-13-15-27-19-9-7-8-18(16-19)26-3;/h7-9,16H,4-6,10-15,17H2,1-3H3,(H2,22,23,24);1H. The molecule has 28 heavy (non-hydrogen) atoms. The number of ether oxygens (including phenoxy) is 3. The molecule has 0 amide bonds. The van der Waals surface area contributed by atoms with Crippen LogP contribution in [-0.2, 0) is 4.74 Å². The molecule has 0 heterocycles. The van der Waals surface area contributed by atoms with Crippen molar-refractivity contribution in [1.82, 2.24) is 10.6 Å². The summed E-state index contributed by atoms with van der Waals surface area (Å²) >= 11 is 0. The Morgan fingerprint density at radius 1 is 1.11 bits per heavy atom. The van der Waals surface area contributed by atoms with Gasteiger partial charge in [-0.2, -0.15) is 0 Å². The highest BCUT2D eigenvalue weighted by atomic mass is 127. The van der Waals surface area contributed by atoms with Gasteiger partial charge in [0.25, 0.3) is 0 Å². The third kappa shape index (κ3) is 8.43. The molecule has 0 atom stereocenters. The van der Waals surface area contributed by atoms with Gasteiger partial charge in [0.1, 0.15) is 18.1 Å². The van der Waals surface area contributed by atoms with Crippen LogP contribution in [0.25, 0.3) is 0 Å². The maximum absolute atomic E-state index is 5.79. The summed E-state index contributed by atoms with van der Waals surface area (Å²) in [7, 11) is 3.43. The lowest BCUT2D eigenvalue weighted by molar-refractivity contribution is 0.141. The fourth-order valence-corrected chi connectivity index (χ4v) is 3.55. The maximum atomic E-state index is 5.79. The van der Waals surface area contributed by atoms with Crippen LogP contribution in [0.1, 0.15) is 39.0 Å². The number of halogens is 1. The normalized spacial score (nSPS) is 15.6. The van der Waals surface area contributed by atoms with Gasteiger partial charge in [-0.05, 0) is 43.7 Å². The Balaban J connectivity index is 0.00000392. The van der Waals surface area contributed by atoms with E-state index in [4.69, 9.17) is 19.2 Å². The lowest BCUT2D eigenvalue weighted by atomic mass is 9.83. The van der Waals surface area contributed by atoms with Gasteiger partial charge in [0.2, 0.25) is 0 Å². The molecular formula is C21H36IN3O3. The van der Waals surface area contributed by atoms with Crippen molar-refractivity contribution in [1.29, 1.82) is 0 Å². The number of benzene rings is 1. The zero-order valence-corrected chi connectivity index (χ0v) is 19.8. The summed E-state index contributed by atoms with van der Waals surface area (Å²) in [6.07, 6.45) is 6.19. The first-order chi connectivity index (χ1) is 13.2. The van der Waals surface area contributed by atoms with Crippen LogP contribution in [0.3, 0.4) is 0 Å². The molecule has 1 aromatic carbocycles. The fraction of sp³-hybridized carbons (Fsp3) is 0.667. The average molecular weight is 505 g/mol. The molecular weight excluding hydrogens is 469 g/mol. The van der Waals surface area contributed by atoms with Gasteiger partial charge in [-0.25, -0.2) is 0 Å². The molecule has 0 spiro atoms. The van der Waals surface area contributed by atoms with E-state index in [1.165, 1.54) is 25.7 Å². The quantitative estimate of drug-likeness (QED) is 0.207. The van der Waals surface area contributed by atoms with Gasteiger partial charge in [0.05, 0.1) is 13.7 Å². The number of guanidine groups is 1. The minimum Gasteiger partial charge on any atom is -0.497 e. The van der Waals surface area contributed by atoms with Gasteiger partial charge in [-0.3, -0.25) is 4.99 Å². The minimum atomic E-state index is 0. The van der Waals surface area contributed by atoms with Crippen LogP contribution in [0.15, 0.2) is 29.3 Å². The van der Waals surface area contributed by atoms with Gasteiger partial charge >= 0.3 is 0 Å². The van der Waals surface area contributed by atoms with Crippen molar-refractivity contribution in [3.63, 3.8) is 0 Å². The molecule has 6 nitrogen and oxygen atoms in total. The molecule has 160 valence electrons. The van der Waals surface area contributed by atoms with Crippen molar-refractivity contribution < 1.29 is 14.2 Å². The molecule has 0 unspecified atom stereocenters. The third-order valence-corrected chi connectivity index (χ3v) is 5.12. The van der Waals surface area contributed by atoms with Crippen molar-refractivity contribution in [2.75, 3.05) is 47.1 Å². The Hall–Kier alpha value is -1.22. The maximum Gasteiger partial charge on any atom is 0.191 e. The summed E-state index contributed by atoms with van der Waals surface area (Å²) in [5.74, 6) is 2.46. The number of rotatable bonds is 11. The highest BCUT2D eigenvalue weighted by Gasteiger charge is 2.33. The zero-order chi connectivity index (χ0) is 19.4. The lowest BCUT2D eigenvalue weighted by Gasteiger charge is -2.27. The summed E-state index contributed by atoms with van der Waals surface area (Å²) in [4.78, 5) is 4.86. The second kappa shape index (κ2) is 13.9. The monoisotopic (exact) mass is 505 g/mol. The fourth-order valence-electron chi connectivity index (χ4n) is 3.55. The number of nitrogens with zero attached hydrogens (tertiary/aromatic N) is 1. The Morgan fingerprint density at radius 3 is 2.54 bits per heavy atom. The lowest BCUT2D eigenvalue weighted by Crippen LogP contribution is -2.40. The zero-order valence-electron chi connectivity index (χ0n) is 17.5. The Morgan fingerprint density at radius 2 is 1.86 bits per heavy atom. The minimum absolute atomic E-state index is 0. The number of aliphatic imine (C=N–C) groups is 1. The van der Waals surface area contributed by atoms with E-state index in [2.05, 4.69) is 17.6 Å². The molecule has 1 aliphatic carbocycles. The number of nitrogens with one attached hydrogen (secondary N) is 2. The van der Waals surface area contributed by atoms with E-state index in [9.17, 15) is 0 Å². The van der Waals surface area contributed by atoms with Gasteiger partial charge in [-0.15, -0.1) is 24.0 Å². The highest BCUT2D eigenvalue weighted by Crippen LogP contribution is 2.41. The van der Waals surface area contributed by atoms with Crippen molar-refractivity contribution in [2.24, 2.45) is 10.4 Å². The molecule has 0 aliphatic heterocycles. The molecule has 0 radical (unpaired) electrons. The van der Waals surface area contributed by atoms with E-state index < -0.39 is 0 Å². The van der Waals surface area contributed by atoms with Crippen molar-refractivity contribution >= 4 is 29.9 Å². The first-order valence-corrected chi connectivity index (χ1v) is 9.99. The van der Waals surface area contributed by atoms with Gasteiger partial charge in [0.15, 0.2) is 5.96 Å². The van der Waals surface area contributed by atoms with E-state index in [1.807, 2.05) is 24.3 Å². The van der Waals surface area contributed by atoms with Crippen molar-refractivity contribution in [3.8, 4) is 11.5 Å². The largest absolute Gasteiger partial charge is 0.497 e. The van der Waals surface area contributed by atoms with E-state index in [-0.39, 0.29) is 24.0 Å². The van der Waals surface area contributed by atoms with Crippen LogP contribution in [-0.4, -0.2) is 53.0 Å². The van der Waals surface area contributed by atoms with E-state index in [1.54, 1.807) is 14.2 Å². The first kappa shape index (κ1) is 24.8. The van der Waals surface area contributed by atoms with Gasteiger partial charge in [0, 0.05) is 32.9 Å². The predicted molar refractivity (Wildman–Crippen MR) is 125 cm³/mol. The topological polar surface area (TPSA) is 64.1 Å². The summed E-state index contributed by atoms with van der Waals surface area (Å²) in [6, 6.07) is 7.65. The SMILES string of the molecule is CCNC(=NCC1(CCOC)CCCC1)NCCOc1cccc(OC)c1.I. The molecule has 2 rings (SSSR count). The van der Waals surface area contributed by atoms with Crippen LogP contribution in [0.5, 0.6) is 11.5 Å². The van der Waals surface area contributed by atoms with Crippen molar-refractivity contribution in [3.05, 3.63) is 24.3 Å². The number of hydrogen-bond donors (Lipinski definition) is 2. The van der Waals surface area contributed by atoms with Crippen LogP contribution in [0.4, 0.5) is 0 Å². The molecule has 2 N–H and O–H groups in total. The molecule has 0 bridgehead atoms. The second-order valence-electron chi connectivity index (χ2n) is 7.10.